The third-order valence-electron chi connectivity index (χ3n) is 4.08. The first-order chi connectivity index (χ1) is 9.33. The molecule has 2 saturated heterocycles. The van der Waals surface area contributed by atoms with Crippen LogP contribution in [0.25, 0.3) is 0 Å². The molecule has 0 radical (unpaired) electrons. The van der Waals surface area contributed by atoms with Crippen LogP contribution in [0.1, 0.15) is 16.9 Å². The summed E-state index contributed by atoms with van der Waals surface area (Å²) in [6.45, 7) is 6.31. The second-order valence-electron chi connectivity index (χ2n) is 5.33. The molecule has 104 valence electrons. The fourth-order valence-electron chi connectivity index (χ4n) is 2.99. The van der Waals surface area contributed by atoms with Gasteiger partial charge >= 0.3 is 0 Å². The number of Topliss-reactive ketones (excluding diaryl/α,β-unsaturated/α-hetero) is 1. The Bertz CT molecular complexity index is 412. The van der Waals surface area contributed by atoms with Crippen molar-refractivity contribution in [3.8, 4) is 0 Å². The van der Waals surface area contributed by atoms with Crippen LogP contribution in [0.15, 0.2) is 18.3 Å². The van der Waals surface area contributed by atoms with Crippen LogP contribution in [-0.2, 0) is 4.74 Å². The summed E-state index contributed by atoms with van der Waals surface area (Å²) in [6.07, 6.45) is 2.96. The summed E-state index contributed by atoms with van der Waals surface area (Å²) in [5.41, 5.74) is 0.717. The number of aromatic nitrogens is 1. The Morgan fingerprint density at radius 3 is 2.95 bits per heavy atom. The Labute approximate surface area is 113 Å². The maximum atomic E-state index is 12.0. The van der Waals surface area contributed by atoms with E-state index in [0.29, 0.717) is 12.6 Å². The summed E-state index contributed by atoms with van der Waals surface area (Å²) in [6, 6.07) is 4.31. The summed E-state index contributed by atoms with van der Waals surface area (Å²) in [7, 11) is 0. The molecule has 0 bridgehead atoms. The van der Waals surface area contributed by atoms with Crippen LogP contribution >= 0.6 is 0 Å². The fraction of sp³-hybridized carbons (Fsp3) is 0.643. The SMILES string of the molecule is O=C(CN1CCC(N2CCOCC2)C1)c1ccc[nH]1. The van der Waals surface area contributed by atoms with Crippen molar-refractivity contribution < 1.29 is 9.53 Å². The van der Waals surface area contributed by atoms with Crippen molar-refractivity contribution in [1.82, 2.24) is 14.8 Å². The van der Waals surface area contributed by atoms with Gasteiger partial charge in [-0.05, 0) is 18.6 Å². The highest BCUT2D eigenvalue weighted by Gasteiger charge is 2.29. The second-order valence-corrected chi connectivity index (χ2v) is 5.33. The lowest BCUT2D eigenvalue weighted by atomic mass is 10.2. The monoisotopic (exact) mass is 263 g/mol. The zero-order valence-corrected chi connectivity index (χ0v) is 11.2. The molecule has 1 aromatic rings. The smallest absolute Gasteiger partial charge is 0.192 e. The topological polar surface area (TPSA) is 48.6 Å². The van der Waals surface area contributed by atoms with Gasteiger partial charge in [0.25, 0.3) is 0 Å². The van der Waals surface area contributed by atoms with E-state index in [2.05, 4.69) is 14.8 Å². The van der Waals surface area contributed by atoms with Crippen molar-refractivity contribution in [3.63, 3.8) is 0 Å². The lowest BCUT2D eigenvalue weighted by Crippen LogP contribution is -2.45. The molecule has 1 atom stereocenters. The van der Waals surface area contributed by atoms with Gasteiger partial charge in [-0.2, -0.15) is 0 Å². The Balaban J connectivity index is 1.50. The van der Waals surface area contributed by atoms with Gasteiger partial charge in [0.2, 0.25) is 0 Å². The minimum Gasteiger partial charge on any atom is -0.379 e. The predicted molar refractivity (Wildman–Crippen MR) is 72.4 cm³/mol. The number of rotatable bonds is 4. The molecule has 3 heterocycles. The van der Waals surface area contributed by atoms with E-state index in [9.17, 15) is 4.79 Å². The average molecular weight is 263 g/mol. The molecule has 0 aromatic carbocycles. The van der Waals surface area contributed by atoms with Gasteiger partial charge in [0.05, 0.1) is 25.5 Å². The third-order valence-corrected chi connectivity index (χ3v) is 4.08. The van der Waals surface area contributed by atoms with E-state index in [0.717, 1.165) is 51.5 Å². The molecule has 2 aliphatic heterocycles. The Morgan fingerprint density at radius 1 is 1.37 bits per heavy atom. The Kier molecular flexibility index (Phi) is 3.96. The van der Waals surface area contributed by atoms with Crippen LogP contribution in [0.5, 0.6) is 0 Å². The van der Waals surface area contributed by atoms with Crippen molar-refractivity contribution >= 4 is 5.78 Å². The molecule has 0 amide bonds. The first-order valence-electron chi connectivity index (χ1n) is 7.03. The zero-order valence-electron chi connectivity index (χ0n) is 11.2. The molecular weight excluding hydrogens is 242 g/mol. The average Bonchev–Trinajstić information content (AvgIpc) is 3.11. The predicted octanol–water partition coefficient (Wildman–Crippen LogP) is 0.604. The number of carbonyl (C=O) groups excluding carboxylic acids is 1. The molecule has 5 nitrogen and oxygen atoms in total. The fourth-order valence-corrected chi connectivity index (χ4v) is 2.99. The van der Waals surface area contributed by atoms with E-state index >= 15 is 0 Å². The summed E-state index contributed by atoms with van der Waals surface area (Å²) in [4.78, 5) is 19.8. The number of aromatic amines is 1. The van der Waals surface area contributed by atoms with Crippen LogP contribution in [0.3, 0.4) is 0 Å². The van der Waals surface area contributed by atoms with Gasteiger partial charge in [0, 0.05) is 38.4 Å². The lowest BCUT2D eigenvalue weighted by molar-refractivity contribution is 0.0185. The molecule has 19 heavy (non-hydrogen) atoms. The number of ketones is 1. The van der Waals surface area contributed by atoms with Gasteiger partial charge < -0.3 is 9.72 Å². The maximum absolute atomic E-state index is 12.0. The van der Waals surface area contributed by atoms with E-state index in [1.165, 1.54) is 0 Å². The number of nitrogens with one attached hydrogen (secondary N) is 1. The molecule has 2 aliphatic rings. The van der Waals surface area contributed by atoms with Crippen molar-refractivity contribution in [2.24, 2.45) is 0 Å². The summed E-state index contributed by atoms with van der Waals surface area (Å²) in [5.74, 6) is 0.188. The standard InChI is InChI=1S/C14H21N3O2/c18-14(13-2-1-4-15-13)11-16-5-3-12(10-16)17-6-8-19-9-7-17/h1-2,4,12,15H,3,5-11H2. The molecule has 5 heteroatoms. The molecular formula is C14H21N3O2. The molecule has 0 aliphatic carbocycles. The largest absolute Gasteiger partial charge is 0.379 e. The molecule has 0 spiro atoms. The normalized spacial score (nSPS) is 25.8. The maximum Gasteiger partial charge on any atom is 0.192 e. The van der Waals surface area contributed by atoms with Gasteiger partial charge in [-0.15, -0.1) is 0 Å². The van der Waals surface area contributed by atoms with Gasteiger partial charge in [-0.25, -0.2) is 0 Å². The number of likely N-dealkylation sites (tertiary alicyclic amines) is 1. The molecule has 2 fully saturated rings. The Morgan fingerprint density at radius 2 is 2.21 bits per heavy atom. The Hall–Kier alpha value is -1.17. The highest BCUT2D eigenvalue weighted by atomic mass is 16.5. The quantitative estimate of drug-likeness (QED) is 0.808. The number of H-pyrrole nitrogens is 1. The molecule has 3 rings (SSSR count). The number of hydrogen-bond acceptors (Lipinski definition) is 4. The first-order valence-corrected chi connectivity index (χ1v) is 7.03. The lowest BCUT2D eigenvalue weighted by Gasteiger charge is -2.32. The molecule has 0 saturated carbocycles. The van der Waals surface area contributed by atoms with Crippen LogP contribution < -0.4 is 0 Å². The van der Waals surface area contributed by atoms with Crippen molar-refractivity contribution in [2.75, 3.05) is 45.9 Å². The third kappa shape index (κ3) is 3.05. The van der Waals surface area contributed by atoms with Crippen LogP contribution in [-0.4, -0.2) is 72.5 Å². The summed E-state index contributed by atoms with van der Waals surface area (Å²) >= 11 is 0. The van der Waals surface area contributed by atoms with E-state index in [4.69, 9.17) is 4.74 Å². The molecule has 1 aromatic heterocycles. The van der Waals surface area contributed by atoms with Crippen molar-refractivity contribution in [1.29, 1.82) is 0 Å². The number of hydrogen-bond donors (Lipinski definition) is 1. The van der Waals surface area contributed by atoms with Gasteiger partial charge in [-0.3, -0.25) is 14.6 Å². The van der Waals surface area contributed by atoms with Crippen LogP contribution in [0.2, 0.25) is 0 Å². The van der Waals surface area contributed by atoms with Gasteiger partial charge in [0.15, 0.2) is 5.78 Å². The highest BCUT2D eigenvalue weighted by Crippen LogP contribution is 2.17. The minimum atomic E-state index is 0.188. The van der Waals surface area contributed by atoms with Crippen LogP contribution in [0.4, 0.5) is 0 Å². The summed E-state index contributed by atoms with van der Waals surface area (Å²) < 4.78 is 5.39. The molecule has 1 N–H and O–H groups in total. The first kappa shape index (κ1) is 12.8. The van der Waals surface area contributed by atoms with Crippen LogP contribution in [0, 0.1) is 0 Å². The number of morpholine rings is 1. The highest BCUT2D eigenvalue weighted by molar-refractivity contribution is 5.95. The van der Waals surface area contributed by atoms with E-state index in [1.807, 2.05) is 12.1 Å². The summed E-state index contributed by atoms with van der Waals surface area (Å²) in [5, 5.41) is 0. The van der Waals surface area contributed by atoms with Crippen molar-refractivity contribution in [2.45, 2.75) is 12.5 Å². The van der Waals surface area contributed by atoms with Gasteiger partial charge in [-0.1, -0.05) is 0 Å². The number of carbonyl (C=O) groups is 1. The van der Waals surface area contributed by atoms with E-state index < -0.39 is 0 Å². The van der Waals surface area contributed by atoms with E-state index in [-0.39, 0.29) is 5.78 Å². The van der Waals surface area contributed by atoms with Gasteiger partial charge in [0.1, 0.15) is 0 Å². The molecule has 1 unspecified atom stereocenters. The number of ether oxygens (including phenoxy) is 1. The van der Waals surface area contributed by atoms with E-state index in [1.54, 1.807) is 6.20 Å². The minimum absolute atomic E-state index is 0.188. The zero-order chi connectivity index (χ0) is 13.1. The van der Waals surface area contributed by atoms with Crippen molar-refractivity contribution in [3.05, 3.63) is 24.0 Å². The number of nitrogens with zero attached hydrogens (tertiary/aromatic N) is 2. The second kappa shape index (κ2) is 5.86.